The molecule has 0 aromatic heterocycles. The van der Waals surface area contributed by atoms with Gasteiger partial charge in [0.15, 0.2) is 0 Å². The molecule has 0 amide bonds. The number of alkyl halides is 10. The maximum Gasteiger partial charge on any atom is 0.460 e. The SMILES string of the molecule is CC(C)(C)OC(=O)C(CCCCCCCCI)CCCC(F)(F)C(F)(F)C(F)(F)C(F)(F)F. The van der Waals surface area contributed by atoms with Crippen LogP contribution in [-0.4, -0.2) is 39.9 Å². The maximum atomic E-state index is 13.8. The lowest BCUT2D eigenvalue weighted by Crippen LogP contribution is -2.60. The van der Waals surface area contributed by atoms with E-state index in [-0.39, 0.29) is 6.42 Å². The van der Waals surface area contributed by atoms with Crippen LogP contribution < -0.4 is 0 Å². The van der Waals surface area contributed by atoms with E-state index in [4.69, 9.17) is 4.74 Å². The summed E-state index contributed by atoms with van der Waals surface area (Å²) in [5.74, 6) is -20.8. The fourth-order valence-electron chi connectivity index (χ4n) is 3.09. The molecule has 0 radical (unpaired) electrons. The summed E-state index contributed by atoms with van der Waals surface area (Å²) in [6.45, 7) is 4.72. The van der Waals surface area contributed by atoms with E-state index >= 15 is 0 Å². The third-order valence-corrected chi connectivity index (χ3v) is 5.69. The van der Waals surface area contributed by atoms with Gasteiger partial charge in [0, 0.05) is 6.42 Å². The molecule has 1 unspecified atom stereocenters. The van der Waals surface area contributed by atoms with Crippen LogP contribution in [0, 0.1) is 5.92 Å². The molecule has 198 valence electrons. The van der Waals surface area contributed by atoms with Gasteiger partial charge in [0.1, 0.15) is 5.60 Å². The second-order valence-corrected chi connectivity index (χ2v) is 10.2. The highest BCUT2D eigenvalue weighted by molar-refractivity contribution is 14.1. The Kier molecular flexibility index (Phi) is 12.9. The number of rotatable bonds is 15. The van der Waals surface area contributed by atoms with E-state index in [1.54, 1.807) is 20.8 Å². The highest BCUT2D eigenvalue weighted by Crippen LogP contribution is 2.54. The van der Waals surface area contributed by atoms with Gasteiger partial charge in [-0.2, -0.15) is 39.5 Å². The molecule has 1 atom stereocenters. The Bertz CT molecular complexity index is 587. The number of carbonyl (C=O) groups is 1. The van der Waals surface area contributed by atoms with Crippen LogP contribution in [0.4, 0.5) is 39.5 Å². The average Bonchev–Trinajstić information content (AvgIpc) is 2.63. The van der Waals surface area contributed by atoms with Crippen molar-refractivity contribution in [3.8, 4) is 0 Å². The van der Waals surface area contributed by atoms with Crippen molar-refractivity contribution in [2.24, 2.45) is 5.92 Å². The van der Waals surface area contributed by atoms with Crippen LogP contribution in [0.3, 0.4) is 0 Å². The van der Waals surface area contributed by atoms with Crippen molar-refractivity contribution in [2.75, 3.05) is 4.43 Å². The second kappa shape index (κ2) is 13.0. The molecular weight excluding hydrogens is 582 g/mol. The molecule has 0 heterocycles. The predicted molar refractivity (Wildman–Crippen MR) is 115 cm³/mol. The fourth-order valence-corrected chi connectivity index (χ4v) is 3.63. The summed E-state index contributed by atoms with van der Waals surface area (Å²) in [5.41, 5.74) is -0.902. The highest BCUT2D eigenvalue weighted by atomic mass is 127. The Hall–Kier alpha value is -0.430. The third-order valence-electron chi connectivity index (χ3n) is 4.93. The van der Waals surface area contributed by atoms with Crippen molar-refractivity contribution in [3.05, 3.63) is 0 Å². The highest BCUT2D eigenvalue weighted by Gasteiger charge is 2.81. The lowest BCUT2D eigenvalue weighted by atomic mass is 9.92. The molecule has 0 saturated carbocycles. The molecule has 2 nitrogen and oxygen atoms in total. The van der Waals surface area contributed by atoms with Gasteiger partial charge in [0.05, 0.1) is 5.92 Å². The Morgan fingerprint density at radius 3 is 1.64 bits per heavy atom. The van der Waals surface area contributed by atoms with Crippen LogP contribution in [0.25, 0.3) is 0 Å². The quantitative estimate of drug-likeness (QED) is 0.0607. The molecular formula is C21H32F9IO2. The molecule has 0 N–H and O–H groups in total. The smallest absolute Gasteiger partial charge is 0.460 e. The van der Waals surface area contributed by atoms with E-state index in [9.17, 15) is 44.3 Å². The summed E-state index contributed by atoms with van der Waals surface area (Å²) in [5, 5.41) is 0. The van der Waals surface area contributed by atoms with Crippen LogP contribution in [-0.2, 0) is 9.53 Å². The van der Waals surface area contributed by atoms with E-state index in [1.165, 1.54) is 0 Å². The molecule has 0 spiro atoms. The molecule has 0 aliphatic heterocycles. The first-order valence-corrected chi connectivity index (χ1v) is 12.3. The van der Waals surface area contributed by atoms with Gasteiger partial charge in [0.25, 0.3) is 0 Å². The molecule has 0 aromatic carbocycles. The van der Waals surface area contributed by atoms with Gasteiger partial charge >= 0.3 is 29.9 Å². The molecule has 0 aromatic rings. The van der Waals surface area contributed by atoms with E-state index < -0.39 is 60.7 Å². The van der Waals surface area contributed by atoms with Crippen molar-refractivity contribution in [1.82, 2.24) is 0 Å². The van der Waals surface area contributed by atoms with Crippen LogP contribution in [0.5, 0.6) is 0 Å². The lowest BCUT2D eigenvalue weighted by Gasteiger charge is -2.34. The van der Waals surface area contributed by atoms with Crippen molar-refractivity contribution in [2.45, 2.75) is 115 Å². The predicted octanol–water partition coefficient (Wildman–Crippen LogP) is 8.75. The minimum absolute atomic E-state index is 0.210. The number of hydrogen-bond acceptors (Lipinski definition) is 2. The van der Waals surface area contributed by atoms with E-state index in [2.05, 4.69) is 22.6 Å². The second-order valence-electron chi connectivity index (χ2n) is 9.07. The number of hydrogen-bond donors (Lipinski definition) is 0. The van der Waals surface area contributed by atoms with Gasteiger partial charge in [-0.3, -0.25) is 4.79 Å². The first kappa shape index (κ1) is 32.6. The fraction of sp³-hybridized carbons (Fsp3) is 0.952. The summed E-state index contributed by atoms with van der Waals surface area (Å²) < 4.78 is 123. The summed E-state index contributed by atoms with van der Waals surface area (Å²) in [7, 11) is 0. The number of ether oxygens (including phenoxy) is 1. The zero-order valence-corrected chi connectivity index (χ0v) is 21.1. The zero-order chi connectivity index (χ0) is 26.1. The van der Waals surface area contributed by atoms with Gasteiger partial charge in [-0.05, 0) is 50.9 Å². The minimum atomic E-state index is -6.90. The zero-order valence-electron chi connectivity index (χ0n) is 19.0. The average molecular weight is 614 g/mol. The van der Waals surface area contributed by atoms with Crippen LogP contribution >= 0.6 is 22.6 Å². The lowest BCUT2D eigenvalue weighted by molar-refractivity contribution is -0.396. The Labute approximate surface area is 202 Å². The van der Waals surface area contributed by atoms with Crippen molar-refractivity contribution in [3.63, 3.8) is 0 Å². The monoisotopic (exact) mass is 614 g/mol. The van der Waals surface area contributed by atoms with Gasteiger partial charge in [-0.15, -0.1) is 0 Å². The van der Waals surface area contributed by atoms with E-state index in [1.807, 2.05) is 0 Å². The third kappa shape index (κ3) is 10.4. The van der Waals surface area contributed by atoms with E-state index in [0.29, 0.717) is 6.42 Å². The van der Waals surface area contributed by atoms with Gasteiger partial charge < -0.3 is 4.74 Å². The van der Waals surface area contributed by atoms with Gasteiger partial charge in [0.2, 0.25) is 0 Å². The number of carbonyl (C=O) groups excluding carboxylic acids is 1. The van der Waals surface area contributed by atoms with Crippen molar-refractivity contribution >= 4 is 28.6 Å². The van der Waals surface area contributed by atoms with E-state index in [0.717, 1.165) is 36.5 Å². The Morgan fingerprint density at radius 1 is 0.727 bits per heavy atom. The number of halogens is 10. The van der Waals surface area contributed by atoms with Gasteiger partial charge in [-0.1, -0.05) is 54.7 Å². The summed E-state index contributed by atoms with van der Waals surface area (Å²) in [6.07, 6.45) is -4.54. The molecule has 0 aliphatic carbocycles. The molecule has 33 heavy (non-hydrogen) atoms. The Balaban J connectivity index is 5.06. The molecule has 0 rings (SSSR count). The number of esters is 1. The molecule has 0 saturated heterocycles. The molecule has 0 bridgehead atoms. The minimum Gasteiger partial charge on any atom is -0.460 e. The maximum absolute atomic E-state index is 13.8. The normalized spacial score (nSPS) is 14.9. The first-order valence-electron chi connectivity index (χ1n) is 10.8. The largest absolute Gasteiger partial charge is 0.460 e. The molecule has 0 aliphatic rings. The van der Waals surface area contributed by atoms with Crippen LogP contribution in [0.15, 0.2) is 0 Å². The Morgan fingerprint density at radius 2 is 1.18 bits per heavy atom. The summed E-state index contributed by atoms with van der Waals surface area (Å²) in [4.78, 5) is 12.4. The first-order chi connectivity index (χ1) is 14.8. The topological polar surface area (TPSA) is 26.3 Å². The van der Waals surface area contributed by atoms with Gasteiger partial charge in [-0.25, -0.2) is 0 Å². The number of unbranched alkanes of at least 4 members (excludes halogenated alkanes) is 5. The van der Waals surface area contributed by atoms with Crippen molar-refractivity contribution < 1.29 is 49.0 Å². The molecule has 12 heteroatoms. The van der Waals surface area contributed by atoms with Crippen molar-refractivity contribution in [1.29, 1.82) is 0 Å². The van der Waals surface area contributed by atoms with Crippen LogP contribution in [0.1, 0.15) is 85.0 Å². The standard InChI is InChI=1S/C21H32F9IO2/c1-17(2,3)33-16(32)15(11-8-6-4-5-7-9-14-31)12-10-13-18(22,23)19(24,25)20(26,27)21(28,29)30/h15H,4-14H2,1-3H3. The molecule has 0 fully saturated rings. The summed E-state index contributed by atoms with van der Waals surface area (Å²) in [6, 6.07) is 0. The van der Waals surface area contributed by atoms with Crippen LogP contribution in [0.2, 0.25) is 0 Å². The summed E-state index contributed by atoms with van der Waals surface area (Å²) >= 11 is 2.26.